The lowest BCUT2D eigenvalue weighted by Crippen LogP contribution is -2.44. The van der Waals surface area contributed by atoms with Crippen LogP contribution in [0.3, 0.4) is 0 Å². The molecule has 0 unspecified atom stereocenters. The number of nitrogens with zero attached hydrogens (tertiary/aromatic N) is 1. The first kappa shape index (κ1) is 14.3. The molecule has 3 heterocycles. The van der Waals surface area contributed by atoms with Gasteiger partial charge in [0.15, 0.2) is 0 Å². The molecular weight excluding hydrogens is 292 g/mol. The average Bonchev–Trinajstić information content (AvgIpc) is 2.85. The molecule has 6 nitrogen and oxygen atoms in total. The second-order valence-electron chi connectivity index (χ2n) is 6.69. The molecule has 23 heavy (non-hydrogen) atoms. The SMILES string of the molecule is NC(=O)c1ccc2cc3n(c2c1)CC1(CCNCC1)CNC3=O. The molecule has 6 heteroatoms. The van der Waals surface area contributed by atoms with E-state index in [1.54, 1.807) is 12.1 Å². The molecule has 2 aliphatic heterocycles. The Balaban J connectivity index is 1.87. The lowest BCUT2D eigenvalue weighted by atomic mass is 9.78. The average molecular weight is 312 g/mol. The van der Waals surface area contributed by atoms with E-state index in [1.807, 2.05) is 12.1 Å². The molecule has 1 spiro atoms. The van der Waals surface area contributed by atoms with Crippen LogP contribution < -0.4 is 16.4 Å². The van der Waals surface area contributed by atoms with E-state index >= 15 is 0 Å². The zero-order valence-corrected chi connectivity index (χ0v) is 12.9. The number of carbonyl (C=O) groups excluding carboxylic acids is 2. The van der Waals surface area contributed by atoms with Crippen molar-refractivity contribution in [3.63, 3.8) is 0 Å². The van der Waals surface area contributed by atoms with Gasteiger partial charge < -0.3 is 20.9 Å². The minimum absolute atomic E-state index is 0.0442. The van der Waals surface area contributed by atoms with Gasteiger partial charge in [0.1, 0.15) is 5.69 Å². The third kappa shape index (κ3) is 2.30. The highest BCUT2D eigenvalue weighted by Crippen LogP contribution is 2.35. The lowest BCUT2D eigenvalue weighted by Gasteiger charge is -2.37. The van der Waals surface area contributed by atoms with Gasteiger partial charge in [-0.3, -0.25) is 9.59 Å². The first-order valence-corrected chi connectivity index (χ1v) is 8.00. The largest absolute Gasteiger partial charge is 0.366 e. The minimum Gasteiger partial charge on any atom is -0.366 e. The van der Waals surface area contributed by atoms with Crippen LogP contribution in [0, 0.1) is 5.41 Å². The predicted octanol–water partition coefficient (Wildman–Crippen LogP) is 0.853. The fourth-order valence-corrected chi connectivity index (χ4v) is 3.81. The van der Waals surface area contributed by atoms with Crippen LogP contribution in [0.5, 0.6) is 0 Å². The van der Waals surface area contributed by atoms with E-state index in [0.29, 0.717) is 17.8 Å². The number of piperidine rings is 1. The fourth-order valence-electron chi connectivity index (χ4n) is 3.81. The molecule has 1 aromatic carbocycles. The van der Waals surface area contributed by atoms with Gasteiger partial charge in [0, 0.05) is 35.0 Å². The Hall–Kier alpha value is -2.34. The van der Waals surface area contributed by atoms with E-state index < -0.39 is 5.91 Å². The predicted molar refractivity (Wildman–Crippen MR) is 87.3 cm³/mol. The number of hydrogen-bond acceptors (Lipinski definition) is 3. The van der Waals surface area contributed by atoms with E-state index in [1.165, 1.54) is 0 Å². The van der Waals surface area contributed by atoms with Crippen LogP contribution in [-0.4, -0.2) is 36.0 Å². The number of carbonyl (C=O) groups is 2. The van der Waals surface area contributed by atoms with Crippen molar-refractivity contribution in [2.75, 3.05) is 19.6 Å². The maximum atomic E-state index is 12.5. The number of fused-ring (bicyclic) bond motifs is 3. The summed E-state index contributed by atoms with van der Waals surface area (Å²) in [7, 11) is 0. The second kappa shape index (κ2) is 5.09. The number of aromatic nitrogens is 1. The van der Waals surface area contributed by atoms with Crippen LogP contribution in [0.15, 0.2) is 24.3 Å². The van der Waals surface area contributed by atoms with Gasteiger partial charge in [0.25, 0.3) is 5.91 Å². The monoisotopic (exact) mass is 312 g/mol. The summed E-state index contributed by atoms with van der Waals surface area (Å²) >= 11 is 0. The van der Waals surface area contributed by atoms with Crippen molar-refractivity contribution in [2.24, 2.45) is 11.1 Å². The molecule has 4 rings (SSSR count). The molecule has 0 radical (unpaired) electrons. The van der Waals surface area contributed by atoms with Crippen molar-refractivity contribution < 1.29 is 9.59 Å². The van der Waals surface area contributed by atoms with Gasteiger partial charge in [-0.05, 0) is 44.1 Å². The second-order valence-corrected chi connectivity index (χ2v) is 6.69. The molecule has 2 aliphatic rings. The Morgan fingerprint density at radius 3 is 2.74 bits per heavy atom. The number of primary amides is 1. The number of amides is 2. The van der Waals surface area contributed by atoms with E-state index in [4.69, 9.17) is 5.73 Å². The van der Waals surface area contributed by atoms with Gasteiger partial charge >= 0.3 is 0 Å². The molecule has 0 bridgehead atoms. The standard InChI is InChI=1S/C17H20N4O2/c18-15(22)12-2-1-11-7-14-16(23)20-9-17(3-5-19-6-4-17)10-21(14)13(11)8-12/h1-2,7-8,19H,3-6,9-10H2,(H2,18,22)(H,20,23). The van der Waals surface area contributed by atoms with Crippen LogP contribution in [0.2, 0.25) is 0 Å². The van der Waals surface area contributed by atoms with Gasteiger partial charge in [-0.1, -0.05) is 6.07 Å². The highest BCUT2D eigenvalue weighted by Gasteiger charge is 2.37. The van der Waals surface area contributed by atoms with Gasteiger partial charge in [0.2, 0.25) is 5.91 Å². The molecule has 1 saturated heterocycles. The summed E-state index contributed by atoms with van der Waals surface area (Å²) in [5.41, 5.74) is 7.53. The Morgan fingerprint density at radius 1 is 1.22 bits per heavy atom. The number of hydrogen-bond donors (Lipinski definition) is 3. The number of benzene rings is 1. The fraction of sp³-hybridized carbons (Fsp3) is 0.412. The molecule has 0 atom stereocenters. The number of nitrogens with one attached hydrogen (secondary N) is 2. The normalized spacial score (nSPS) is 20.1. The first-order chi connectivity index (χ1) is 11.1. The summed E-state index contributed by atoms with van der Waals surface area (Å²) in [6, 6.07) is 7.27. The van der Waals surface area contributed by atoms with Crippen molar-refractivity contribution in [3.05, 3.63) is 35.5 Å². The molecule has 0 saturated carbocycles. The van der Waals surface area contributed by atoms with Crippen molar-refractivity contribution >= 4 is 22.7 Å². The van der Waals surface area contributed by atoms with Crippen LogP contribution in [0.1, 0.15) is 33.7 Å². The summed E-state index contributed by atoms with van der Waals surface area (Å²) in [6.45, 7) is 3.43. The van der Waals surface area contributed by atoms with Crippen LogP contribution in [0.4, 0.5) is 0 Å². The number of rotatable bonds is 1. The smallest absolute Gasteiger partial charge is 0.267 e. The molecule has 4 N–H and O–H groups in total. The van der Waals surface area contributed by atoms with Gasteiger partial charge in [-0.15, -0.1) is 0 Å². The topological polar surface area (TPSA) is 89.2 Å². The summed E-state index contributed by atoms with van der Waals surface area (Å²) in [5.74, 6) is -0.491. The highest BCUT2D eigenvalue weighted by atomic mass is 16.2. The van der Waals surface area contributed by atoms with Gasteiger partial charge in [0.05, 0.1) is 0 Å². The quantitative estimate of drug-likeness (QED) is 0.729. The molecule has 2 aromatic rings. The third-order valence-electron chi connectivity index (χ3n) is 5.20. The summed E-state index contributed by atoms with van der Waals surface area (Å²) in [4.78, 5) is 24.0. The van der Waals surface area contributed by atoms with E-state index in [9.17, 15) is 9.59 Å². The van der Waals surface area contributed by atoms with Crippen LogP contribution >= 0.6 is 0 Å². The summed E-state index contributed by atoms with van der Waals surface area (Å²) in [6.07, 6.45) is 2.06. The Morgan fingerprint density at radius 2 is 2.00 bits per heavy atom. The van der Waals surface area contributed by atoms with Gasteiger partial charge in [-0.25, -0.2) is 0 Å². The van der Waals surface area contributed by atoms with E-state index in [0.717, 1.165) is 43.4 Å². The zero-order chi connectivity index (χ0) is 16.0. The summed E-state index contributed by atoms with van der Waals surface area (Å²) < 4.78 is 2.06. The maximum Gasteiger partial charge on any atom is 0.267 e. The van der Waals surface area contributed by atoms with E-state index in [-0.39, 0.29) is 11.3 Å². The lowest BCUT2D eigenvalue weighted by molar-refractivity contribution is 0.0928. The first-order valence-electron chi connectivity index (χ1n) is 8.00. The molecule has 0 aliphatic carbocycles. The molecule has 2 amide bonds. The Kier molecular flexibility index (Phi) is 3.16. The van der Waals surface area contributed by atoms with Crippen LogP contribution in [0.25, 0.3) is 10.9 Å². The Bertz CT molecular complexity index is 802. The third-order valence-corrected chi connectivity index (χ3v) is 5.20. The van der Waals surface area contributed by atoms with E-state index in [2.05, 4.69) is 15.2 Å². The van der Waals surface area contributed by atoms with Crippen molar-refractivity contribution in [1.82, 2.24) is 15.2 Å². The maximum absolute atomic E-state index is 12.5. The van der Waals surface area contributed by atoms with Crippen molar-refractivity contribution in [2.45, 2.75) is 19.4 Å². The molecule has 120 valence electrons. The minimum atomic E-state index is -0.447. The highest BCUT2D eigenvalue weighted by molar-refractivity contribution is 6.02. The van der Waals surface area contributed by atoms with Crippen LogP contribution in [-0.2, 0) is 6.54 Å². The van der Waals surface area contributed by atoms with Crippen molar-refractivity contribution in [1.29, 1.82) is 0 Å². The Labute approximate surface area is 134 Å². The molecule has 1 fully saturated rings. The van der Waals surface area contributed by atoms with Gasteiger partial charge in [-0.2, -0.15) is 0 Å². The zero-order valence-electron chi connectivity index (χ0n) is 12.9. The molecule has 1 aromatic heterocycles. The molecular formula is C17H20N4O2. The summed E-state index contributed by atoms with van der Waals surface area (Å²) in [5, 5.41) is 7.43. The number of nitrogens with two attached hydrogens (primary N) is 1. The van der Waals surface area contributed by atoms with Crippen molar-refractivity contribution in [3.8, 4) is 0 Å².